The van der Waals surface area contributed by atoms with E-state index in [2.05, 4.69) is 388 Å². The molecule has 0 unspecified atom stereocenters. The number of fused-ring (bicyclic) bond motifs is 6. The molecule has 0 saturated heterocycles. The predicted molar refractivity (Wildman–Crippen MR) is 412 cm³/mol. The summed E-state index contributed by atoms with van der Waals surface area (Å²) in [5, 5.41) is 15.1. The lowest BCUT2D eigenvalue weighted by atomic mass is 9.80. The minimum Gasteiger partial charge on any atom is -0.0622 e. The summed E-state index contributed by atoms with van der Waals surface area (Å²) in [5.74, 6) is 0. The van der Waals surface area contributed by atoms with E-state index in [0.29, 0.717) is 0 Å². The van der Waals surface area contributed by atoms with Crippen molar-refractivity contribution in [2.45, 2.75) is 0 Å². The Balaban J connectivity index is 0.000000145. The van der Waals surface area contributed by atoms with E-state index in [-0.39, 0.29) is 0 Å². The Kier molecular flexibility index (Phi) is 15.1. The van der Waals surface area contributed by atoms with Crippen LogP contribution in [0.3, 0.4) is 0 Å². The van der Waals surface area contributed by atoms with E-state index in [4.69, 9.17) is 0 Å². The van der Waals surface area contributed by atoms with E-state index in [0.717, 1.165) is 0 Å². The summed E-state index contributed by atoms with van der Waals surface area (Å²) >= 11 is 0. The maximum absolute atomic E-state index is 2.45. The van der Waals surface area contributed by atoms with Gasteiger partial charge in [-0.05, 0) is 212 Å². The third-order valence-corrected chi connectivity index (χ3v) is 19.3. The van der Waals surface area contributed by atoms with Gasteiger partial charge in [0.05, 0.1) is 0 Å². The summed E-state index contributed by atoms with van der Waals surface area (Å²) in [6, 6.07) is 142. The normalized spacial score (nSPS) is 11.3. The van der Waals surface area contributed by atoms with Crippen LogP contribution in [-0.2, 0) is 0 Å². The first-order valence-corrected chi connectivity index (χ1v) is 33.2. The second-order valence-electron chi connectivity index (χ2n) is 24.9. The number of rotatable bonds is 10. The van der Waals surface area contributed by atoms with Crippen molar-refractivity contribution in [3.8, 4) is 111 Å². The molecule has 0 fully saturated rings. The first-order valence-electron chi connectivity index (χ1n) is 33.2. The highest BCUT2D eigenvalue weighted by Crippen LogP contribution is 2.52. The van der Waals surface area contributed by atoms with Crippen LogP contribution in [0.5, 0.6) is 0 Å². The Morgan fingerprint density at radius 1 is 0.104 bits per heavy atom. The van der Waals surface area contributed by atoms with Gasteiger partial charge in [-0.1, -0.05) is 352 Å². The molecule has 0 aliphatic rings. The van der Waals surface area contributed by atoms with Gasteiger partial charge in [-0.3, -0.25) is 0 Å². The molecule has 0 spiro atoms. The highest BCUT2D eigenvalue weighted by molar-refractivity contribution is 6.25. The summed E-state index contributed by atoms with van der Waals surface area (Å²) in [6.07, 6.45) is 0. The molecule has 0 aliphatic heterocycles. The van der Waals surface area contributed by atoms with Crippen LogP contribution in [0.2, 0.25) is 0 Å². The van der Waals surface area contributed by atoms with Crippen molar-refractivity contribution in [1.82, 2.24) is 0 Å². The molecule has 0 atom stereocenters. The van der Waals surface area contributed by atoms with Crippen LogP contribution in [-0.4, -0.2) is 0 Å². The maximum atomic E-state index is 2.45. The second-order valence-corrected chi connectivity index (χ2v) is 24.9. The Labute approximate surface area is 560 Å². The maximum Gasteiger partial charge on any atom is -0.00197 e. The van der Waals surface area contributed by atoms with Crippen molar-refractivity contribution in [3.63, 3.8) is 0 Å². The average Bonchev–Trinajstić information content (AvgIpc) is 0.731. The van der Waals surface area contributed by atoms with Crippen LogP contribution >= 0.6 is 0 Å². The Bertz CT molecular complexity index is 5780. The van der Waals surface area contributed by atoms with E-state index in [1.54, 1.807) is 0 Å². The molecular weight excluding hydrogens is 1150 g/mol. The molecule has 0 saturated carbocycles. The summed E-state index contributed by atoms with van der Waals surface area (Å²) in [5.41, 5.74) is 24.6. The average molecular weight is 1220 g/mol. The zero-order valence-corrected chi connectivity index (χ0v) is 53.0. The molecule has 0 heteroatoms. The standard InChI is InChI=1S/2C48H32/c1-4-17-34(18-5-1)43-31-45(36-21-8-3-9-22-36)46(32-44(43)35-19-6-2-7-20-35)48-41-26-14-12-24-39(41)47(40-25-13-15-27-42(40)48)38-29-28-33-16-10-11-23-37(33)30-38;1-4-16-33(17-5-1)39-31-44(35-19-6-2-7-20-35)46(36-21-8-3-9-22-36)45(32-39)48-42-26-14-12-24-40(42)47(41-25-13-15-27-43(41)48)38-29-28-34-18-10-11-23-37(34)30-38/h2*1-32H. The first kappa shape index (κ1) is 57.4. The highest BCUT2D eigenvalue weighted by Gasteiger charge is 2.25. The zero-order chi connectivity index (χ0) is 63.7. The molecule has 0 aromatic heterocycles. The lowest BCUT2D eigenvalue weighted by Gasteiger charge is -2.23. The van der Waals surface area contributed by atoms with E-state index in [1.165, 1.54) is 176 Å². The Morgan fingerprint density at radius 2 is 0.365 bits per heavy atom. The van der Waals surface area contributed by atoms with Gasteiger partial charge in [-0.2, -0.15) is 0 Å². The largest absolute Gasteiger partial charge is 0.0622 e. The van der Waals surface area contributed by atoms with Gasteiger partial charge in [-0.25, -0.2) is 0 Å². The van der Waals surface area contributed by atoms with Crippen LogP contribution < -0.4 is 0 Å². The van der Waals surface area contributed by atoms with Crippen molar-refractivity contribution in [2.75, 3.05) is 0 Å². The molecule has 448 valence electrons. The van der Waals surface area contributed by atoms with E-state index in [1.807, 2.05) is 0 Å². The lowest BCUT2D eigenvalue weighted by Crippen LogP contribution is -1.96. The summed E-state index contributed by atoms with van der Waals surface area (Å²) in [4.78, 5) is 0. The number of hydrogen-bond acceptors (Lipinski definition) is 0. The molecule has 0 bridgehead atoms. The van der Waals surface area contributed by atoms with Crippen molar-refractivity contribution in [1.29, 1.82) is 0 Å². The van der Waals surface area contributed by atoms with Crippen molar-refractivity contribution >= 4 is 64.6 Å². The Hall–Kier alpha value is -12.5. The van der Waals surface area contributed by atoms with Crippen LogP contribution in [0.4, 0.5) is 0 Å². The molecule has 0 aliphatic carbocycles. The van der Waals surface area contributed by atoms with Crippen molar-refractivity contribution in [3.05, 3.63) is 388 Å². The quantitative estimate of drug-likeness (QED) is 0.120. The lowest BCUT2D eigenvalue weighted by molar-refractivity contribution is 1.56. The van der Waals surface area contributed by atoms with Crippen LogP contribution in [0.15, 0.2) is 388 Å². The summed E-state index contributed by atoms with van der Waals surface area (Å²) < 4.78 is 0. The molecule has 96 heavy (non-hydrogen) atoms. The summed E-state index contributed by atoms with van der Waals surface area (Å²) in [6.45, 7) is 0. The minimum absolute atomic E-state index is 1.20. The molecule has 0 radical (unpaired) electrons. The molecular formula is C96H64. The fourth-order valence-electron chi connectivity index (χ4n) is 14.9. The molecule has 0 nitrogen and oxygen atoms in total. The van der Waals surface area contributed by atoms with Gasteiger partial charge in [0, 0.05) is 0 Å². The fourth-order valence-corrected chi connectivity index (χ4v) is 14.9. The van der Waals surface area contributed by atoms with E-state index in [9.17, 15) is 0 Å². The molecule has 18 aromatic rings. The van der Waals surface area contributed by atoms with Gasteiger partial charge in [0.25, 0.3) is 0 Å². The van der Waals surface area contributed by atoms with Gasteiger partial charge in [0.15, 0.2) is 0 Å². The Morgan fingerprint density at radius 3 is 0.740 bits per heavy atom. The molecule has 18 aromatic carbocycles. The predicted octanol–water partition coefficient (Wildman–Crippen LogP) is 27.0. The van der Waals surface area contributed by atoms with Crippen molar-refractivity contribution in [2.24, 2.45) is 0 Å². The first-order chi connectivity index (χ1) is 47.7. The topological polar surface area (TPSA) is 0 Å². The monoisotopic (exact) mass is 1220 g/mol. The number of hydrogen-bond donors (Lipinski definition) is 0. The van der Waals surface area contributed by atoms with Crippen LogP contribution in [0.1, 0.15) is 0 Å². The fraction of sp³-hybridized carbons (Fsp3) is 0. The molecule has 18 rings (SSSR count). The highest BCUT2D eigenvalue weighted by atomic mass is 14.3. The van der Waals surface area contributed by atoms with Gasteiger partial charge < -0.3 is 0 Å². The number of benzene rings is 18. The van der Waals surface area contributed by atoms with Crippen molar-refractivity contribution < 1.29 is 0 Å². The third-order valence-electron chi connectivity index (χ3n) is 19.3. The van der Waals surface area contributed by atoms with Crippen LogP contribution in [0.25, 0.3) is 176 Å². The smallest absolute Gasteiger partial charge is 0.00197 e. The third kappa shape index (κ3) is 10.6. The van der Waals surface area contributed by atoms with E-state index >= 15 is 0 Å². The minimum atomic E-state index is 1.20. The van der Waals surface area contributed by atoms with Gasteiger partial charge in [-0.15, -0.1) is 0 Å². The van der Waals surface area contributed by atoms with Crippen LogP contribution in [0, 0.1) is 0 Å². The SMILES string of the molecule is c1ccc(-c2cc(-c3ccccc3)c(-c3c4ccccc4c(-c4ccc5ccccc5c4)c4ccccc34)cc2-c2ccccc2)cc1.c1ccc(-c2cc(-c3ccccc3)c(-c3ccccc3)c(-c3c4ccccc4c(-c4ccc5ccccc5c4)c4ccccc34)c2)cc1. The molecule has 0 amide bonds. The van der Waals surface area contributed by atoms with Gasteiger partial charge >= 0.3 is 0 Å². The summed E-state index contributed by atoms with van der Waals surface area (Å²) in [7, 11) is 0. The zero-order valence-electron chi connectivity index (χ0n) is 53.0. The molecule has 0 heterocycles. The van der Waals surface area contributed by atoms with E-state index < -0.39 is 0 Å². The second kappa shape index (κ2) is 25.2. The molecule has 0 N–H and O–H groups in total. The van der Waals surface area contributed by atoms with Gasteiger partial charge in [0.1, 0.15) is 0 Å². The van der Waals surface area contributed by atoms with Gasteiger partial charge in [0.2, 0.25) is 0 Å².